The summed E-state index contributed by atoms with van der Waals surface area (Å²) in [5, 5.41) is 2.59. The second kappa shape index (κ2) is 7.52. The van der Waals surface area contributed by atoms with Crippen molar-refractivity contribution in [3.63, 3.8) is 0 Å². The van der Waals surface area contributed by atoms with E-state index in [0.29, 0.717) is 23.3 Å². The van der Waals surface area contributed by atoms with Crippen LogP contribution in [0.15, 0.2) is 18.3 Å². The van der Waals surface area contributed by atoms with Crippen LogP contribution in [0.2, 0.25) is 0 Å². The van der Waals surface area contributed by atoms with E-state index in [4.69, 9.17) is 17.0 Å². The number of nitrogens with one attached hydrogen (secondary N) is 2. The Hall–Kier alpha value is -1.29. The standard InChI is InChI=1S/C14H21N3O4S2/c1-10-8-17(9-11(2)21-10)23(19,20)7-6-15-13(18)12-4-3-5-16-14(12)22/h3-5,10-11H,6-9H2,1-2H3,(H,15,18)(H,16,22). The van der Waals surface area contributed by atoms with Gasteiger partial charge < -0.3 is 15.0 Å². The smallest absolute Gasteiger partial charge is 0.254 e. The normalized spacial score (nSPS) is 22.7. The van der Waals surface area contributed by atoms with Crippen molar-refractivity contribution >= 4 is 28.1 Å². The molecule has 2 rings (SSSR count). The molecule has 2 atom stereocenters. The largest absolute Gasteiger partial charge is 0.373 e. The van der Waals surface area contributed by atoms with Crippen LogP contribution in [-0.4, -0.2) is 61.2 Å². The minimum absolute atomic E-state index is 0.0327. The van der Waals surface area contributed by atoms with Crippen LogP contribution in [-0.2, 0) is 14.8 Å². The fraction of sp³-hybridized carbons (Fsp3) is 0.571. The number of carbonyl (C=O) groups excluding carboxylic acids is 1. The Morgan fingerprint density at radius 2 is 2.09 bits per heavy atom. The highest BCUT2D eigenvalue weighted by atomic mass is 32.2. The maximum absolute atomic E-state index is 12.4. The lowest BCUT2D eigenvalue weighted by molar-refractivity contribution is -0.0440. The number of H-pyrrole nitrogens is 1. The molecule has 0 bridgehead atoms. The monoisotopic (exact) mass is 359 g/mol. The third-order valence-electron chi connectivity index (χ3n) is 3.49. The molecule has 23 heavy (non-hydrogen) atoms. The second-order valence-corrected chi connectivity index (χ2v) is 8.06. The molecular weight excluding hydrogens is 338 g/mol. The molecule has 7 nitrogen and oxygen atoms in total. The number of nitrogens with zero attached hydrogens (tertiary/aromatic N) is 1. The van der Waals surface area contributed by atoms with Gasteiger partial charge in [-0.1, -0.05) is 12.2 Å². The fourth-order valence-corrected chi connectivity index (χ4v) is 4.20. The molecule has 1 aliphatic rings. The molecule has 1 fully saturated rings. The SMILES string of the molecule is CC1CN(S(=O)(=O)CCNC(=O)c2ccc[nH]c2=S)CC(C)O1. The molecule has 0 spiro atoms. The molecule has 1 amide bonds. The molecule has 2 N–H and O–H groups in total. The molecule has 128 valence electrons. The first-order valence-corrected chi connectivity index (χ1v) is 9.40. The second-order valence-electron chi connectivity index (χ2n) is 5.56. The highest BCUT2D eigenvalue weighted by Gasteiger charge is 2.30. The molecule has 0 saturated carbocycles. The molecule has 9 heteroatoms. The van der Waals surface area contributed by atoms with Gasteiger partial charge in [-0.15, -0.1) is 0 Å². The molecule has 1 aromatic rings. The highest BCUT2D eigenvalue weighted by molar-refractivity contribution is 7.89. The summed E-state index contributed by atoms with van der Waals surface area (Å²) in [4.78, 5) is 14.8. The molecule has 1 aliphatic heterocycles. The zero-order valence-electron chi connectivity index (χ0n) is 13.1. The Kier molecular flexibility index (Phi) is 5.90. The van der Waals surface area contributed by atoms with Crippen LogP contribution in [0.25, 0.3) is 0 Å². The Labute approximate surface area is 141 Å². The third-order valence-corrected chi connectivity index (χ3v) is 5.63. The molecule has 0 aromatic carbocycles. The van der Waals surface area contributed by atoms with Crippen molar-refractivity contribution in [3.8, 4) is 0 Å². The summed E-state index contributed by atoms with van der Waals surface area (Å²) >= 11 is 5.02. The fourth-order valence-electron chi connectivity index (χ4n) is 2.48. The van der Waals surface area contributed by atoms with E-state index in [0.717, 1.165) is 0 Å². The summed E-state index contributed by atoms with van der Waals surface area (Å²) in [6, 6.07) is 3.26. The number of pyridine rings is 1. The number of sulfonamides is 1. The van der Waals surface area contributed by atoms with Crippen molar-refractivity contribution in [1.82, 2.24) is 14.6 Å². The van der Waals surface area contributed by atoms with Gasteiger partial charge in [0.05, 0.1) is 23.5 Å². The number of morpholine rings is 1. The number of amides is 1. The van der Waals surface area contributed by atoms with E-state index in [1.807, 2.05) is 13.8 Å². The maximum Gasteiger partial charge on any atom is 0.254 e. The number of ether oxygens (including phenoxy) is 1. The molecule has 0 radical (unpaired) electrons. The number of carbonyl (C=O) groups is 1. The number of hydrogen-bond donors (Lipinski definition) is 2. The highest BCUT2D eigenvalue weighted by Crippen LogP contribution is 2.14. The average molecular weight is 359 g/mol. The first kappa shape index (κ1) is 18.1. The predicted octanol–water partition coefficient (Wildman–Crippen LogP) is 0.913. The van der Waals surface area contributed by atoms with Crippen LogP contribution in [0.5, 0.6) is 0 Å². The van der Waals surface area contributed by atoms with E-state index in [9.17, 15) is 13.2 Å². The van der Waals surface area contributed by atoms with Crippen molar-refractivity contribution in [1.29, 1.82) is 0 Å². The summed E-state index contributed by atoms with van der Waals surface area (Å²) in [5.74, 6) is -0.535. The third kappa shape index (κ3) is 4.84. The van der Waals surface area contributed by atoms with Crippen LogP contribution < -0.4 is 5.32 Å². The Balaban J connectivity index is 1.91. The van der Waals surface area contributed by atoms with Gasteiger partial charge in [0.15, 0.2) is 0 Å². The van der Waals surface area contributed by atoms with Crippen LogP contribution in [0.1, 0.15) is 24.2 Å². The maximum atomic E-state index is 12.4. The van der Waals surface area contributed by atoms with Gasteiger partial charge in [-0.3, -0.25) is 4.79 Å². The Bertz CT molecular complexity index is 707. The van der Waals surface area contributed by atoms with E-state index in [-0.39, 0.29) is 30.4 Å². The average Bonchev–Trinajstić information content (AvgIpc) is 2.46. The van der Waals surface area contributed by atoms with E-state index >= 15 is 0 Å². The molecule has 2 heterocycles. The van der Waals surface area contributed by atoms with Crippen molar-refractivity contribution in [2.45, 2.75) is 26.1 Å². The van der Waals surface area contributed by atoms with E-state index in [1.54, 1.807) is 18.3 Å². The van der Waals surface area contributed by atoms with Crippen LogP contribution >= 0.6 is 12.2 Å². The Morgan fingerprint density at radius 1 is 1.43 bits per heavy atom. The van der Waals surface area contributed by atoms with Gasteiger partial charge in [-0.05, 0) is 26.0 Å². The van der Waals surface area contributed by atoms with Crippen molar-refractivity contribution in [2.24, 2.45) is 0 Å². The first-order chi connectivity index (χ1) is 10.8. The lowest BCUT2D eigenvalue weighted by Crippen LogP contribution is -2.49. The van der Waals surface area contributed by atoms with E-state index in [2.05, 4.69) is 10.3 Å². The van der Waals surface area contributed by atoms with E-state index in [1.165, 1.54) is 4.31 Å². The summed E-state index contributed by atoms with van der Waals surface area (Å²) < 4.78 is 32.0. The van der Waals surface area contributed by atoms with Gasteiger partial charge >= 0.3 is 0 Å². The topological polar surface area (TPSA) is 91.5 Å². The number of aromatic amines is 1. The molecule has 0 aliphatic carbocycles. The quantitative estimate of drug-likeness (QED) is 0.763. The van der Waals surface area contributed by atoms with Crippen LogP contribution in [0.3, 0.4) is 0 Å². The van der Waals surface area contributed by atoms with Crippen LogP contribution in [0, 0.1) is 4.64 Å². The van der Waals surface area contributed by atoms with Crippen molar-refractivity contribution < 1.29 is 17.9 Å². The van der Waals surface area contributed by atoms with Crippen molar-refractivity contribution in [3.05, 3.63) is 28.5 Å². The van der Waals surface area contributed by atoms with Gasteiger partial charge in [-0.2, -0.15) is 4.31 Å². The minimum atomic E-state index is -3.43. The minimum Gasteiger partial charge on any atom is -0.373 e. The van der Waals surface area contributed by atoms with Crippen LogP contribution in [0.4, 0.5) is 0 Å². The summed E-state index contributed by atoms with van der Waals surface area (Å²) in [6.07, 6.45) is 1.36. The zero-order chi connectivity index (χ0) is 17.0. The van der Waals surface area contributed by atoms with Gasteiger partial charge in [0.1, 0.15) is 4.64 Å². The summed E-state index contributed by atoms with van der Waals surface area (Å²) in [6.45, 7) is 4.40. The summed E-state index contributed by atoms with van der Waals surface area (Å²) in [7, 11) is -3.43. The van der Waals surface area contributed by atoms with Gasteiger partial charge in [-0.25, -0.2) is 8.42 Å². The van der Waals surface area contributed by atoms with Crippen molar-refractivity contribution in [2.75, 3.05) is 25.4 Å². The first-order valence-electron chi connectivity index (χ1n) is 7.39. The molecule has 2 unspecified atom stereocenters. The molecular formula is C14H21N3O4S2. The number of hydrogen-bond acceptors (Lipinski definition) is 5. The van der Waals surface area contributed by atoms with Gasteiger partial charge in [0.2, 0.25) is 10.0 Å². The predicted molar refractivity (Wildman–Crippen MR) is 89.3 cm³/mol. The van der Waals surface area contributed by atoms with Gasteiger partial charge in [0.25, 0.3) is 5.91 Å². The van der Waals surface area contributed by atoms with Gasteiger partial charge in [0, 0.05) is 25.8 Å². The molecule has 1 aromatic heterocycles. The molecule has 1 saturated heterocycles. The number of aromatic nitrogens is 1. The van der Waals surface area contributed by atoms with E-state index < -0.39 is 10.0 Å². The Morgan fingerprint density at radius 3 is 2.70 bits per heavy atom. The summed E-state index contributed by atoms with van der Waals surface area (Å²) in [5.41, 5.74) is 0.327. The number of rotatable bonds is 5. The zero-order valence-corrected chi connectivity index (χ0v) is 14.7. The lowest BCUT2D eigenvalue weighted by Gasteiger charge is -2.34. The lowest BCUT2D eigenvalue weighted by atomic mass is 10.3.